The van der Waals surface area contributed by atoms with Crippen molar-refractivity contribution in [3.05, 3.63) is 41.7 Å². The van der Waals surface area contributed by atoms with Crippen molar-refractivity contribution < 1.29 is 9.84 Å². The Bertz CT molecular complexity index is 573. The van der Waals surface area contributed by atoms with Crippen LogP contribution in [0.2, 0.25) is 0 Å². The van der Waals surface area contributed by atoms with Crippen molar-refractivity contribution in [1.82, 2.24) is 9.78 Å². The summed E-state index contributed by atoms with van der Waals surface area (Å²) >= 11 is 0. The molecule has 0 saturated heterocycles. The van der Waals surface area contributed by atoms with Crippen molar-refractivity contribution in [2.45, 2.75) is 39.7 Å². The van der Waals surface area contributed by atoms with E-state index in [-0.39, 0.29) is 0 Å². The Kier molecular flexibility index (Phi) is 5.02. The second kappa shape index (κ2) is 6.76. The average molecular weight is 288 g/mol. The number of hydrogen-bond donors (Lipinski definition) is 1. The Hall–Kier alpha value is -1.81. The van der Waals surface area contributed by atoms with E-state index in [9.17, 15) is 5.11 Å². The lowest BCUT2D eigenvalue weighted by molar-refractivity contribution is 0.150. The van der Waals surface area contributed by atoms with Crippen molar-refractivity contribution in [2.75, 3.05) is 7.11 Å². The van der Waals surface area contributed by atoms with Gasteiger partial charge < -0.3 is 9.84 Å². The normalized spacial score (nSPS) is 12.7. The number of hydrogen-bond acceptors (Lipinski definition) is 3. The molecule has 0 amide bonds. The van der Waals surface area contributed by atoms with Crippen molar-refractivity contribution in [1.29, 1.82) is 0 Å². The smallest absolute Gasteiger partial charge is 0.119 e. The van der Waals surface area contributed by atoms with Gasteiger partial charge in [-0.25, -0.2) is 4.68 Å². The summed E-state index contributed by atoms with van der Waals surface area (Å²) in [4.78, 5) is 0. The predicted molar refractivity (Wildman–Crippen MR) is 83.9 cm³/mol. The zero-order valence-corrected chi connectivity index (χ0v) is 13.2. The molecule has 21 heavy (non-hydrogen) atoms. The van der Waals surface area contributed by atoms with Gasteiger partial charge in [-0.15, -0.1) is 0 Å². The molecule has 0 aliphatic rings. The van der Waals surface area contributed by atoms with Gasteiger partial charge in [0.1, 0.15) is 5.75 Å². The zero-order chi connectivity index (χ0) is 15.4. The summed E-state index contributed by atoms with van der Waals surface area (Å²) in [5.74, 6) is 1.27. The lowest BCUT2D eigenvalue weighted by Crippen LogP contribution is -2.03. The highest BCUT2D eigenvalue weighted by atomic mass is 16.5. The van der Waals surface area contributed by atoms with Crippen LogP contribution in [0.3, 0.4) is 0 Å². The number of aromatic nitrogens is 2. The van der Waals surface area contributed by atoms with Gasteiger partial charge in [0.25, 0.3) is 0 Å². The molecule has 0 aliphatic heterocycles. The summed E-state index contributed by atoms with van der Waals surface area (Å²) in [5, 5.41) is 15.0. The molecule has 1 atom stereocenters. The summed E-state index contributed by atoms with van der Waals surface area (Å²) < 4.78 is 7.00. The second-order valence-electron chi connectivity index (χ2n) is 5.67. The van der Waals surface area contributed by atoms with Gasteiger partial charge in [-0.1, -0.05) is 20.8 Å². The highest BCUT2D eigenvalue weighted by Gasteiger charge is 2.17. The monoisotopic (exact) mass is 288 g/mol. The lowest BCUT2D eigenvalue weighted by atomic mass is 9.99. The minimum atomic E-state index is -0.452. The summed E-state index contributed by atoms with van der Waals surface area (Å²) in [6, 6.07) is 7.74. The van der Waals surface area contributed by atoms with Crippen LogP contribution in [0.15, 0.2) is 30.5 Å². The Morgan fingerprint density at radius 1 is 1.24 bits per heavy atom. The van der Waals surface area contributed by atoms with E-state index in [4.69, 9.17) is 4.74 Å². The van der Waals surface area contributed by atoms with Gasteiger partial charge in [-0.3, -0.25) is 0 Å². The Morgan fingerprint density at radius 2 is 1.90 bits per heavy atom. The van der Waals surface area contributed by atoms with Gasteiger partial charge in [-0.05, 0) is 43.0 Å². The number of aryl methyl sites for hydroxylation is 1. The highest BCUT2D eigenvalue weighted by molar-refractivity contribution is 5.38. The summed E-state index contributed by atoms with van der Waals surface area (Å²) in [6.07, 6.45) is 3.05. The first-order valence-corrected chi connectivity index (χ1v) is 7.46. The third-order valence-electron chi connectivity index (χ3n) is 3.55. The fourth-order valence-corrected chi connectivity index (χ4v) is 2.42. The number of aliphatic hydroxyl groups is 1. The van der Waals surface area contributed by atoms with E-state index >= 15 is 0 Å². The molecule has 4 heteroatoms. The molecule has 0 radical (unpaired) electrons. The van der Waals surface area contributed by atoms with Gasteiger partial charge in [-0.2, -0.15) is 5.10 Å². The molecular weight excluding hydrogens is 264 g/mol. The minimum Gasteiger partial charge on any atom is -0.497 e. The number of rotatable bonds is 6. The summed E-state index contributed by atoms with van der Waals surface area (Å²) in [7, 11) is 1.65. The standard InChI is InChI=1S/C17H24N2O2/c1-5-16-15(17(20)10-12(2)3)11-19(18-16)13-6-8-14(21-4)9-7-13/h6-9,11-12,17,20H,5,10H2,1-4H3. The summed E-state index contributed by atoms with van der Waals surface area (Å²) in [5.41, 5.74) is 2.86. The molecule has 0 saturated carbocycles. The van der Waals surface area contributed by atoms with E-state index in [2.05, 4.69) is 25.9 Å². The lowest BCUT2D eigenvalue weighted by Gasteiger charge is -2.12. The SMILES string of the molecule is CCc1nn(-c2ccc(OC)cc2)cc1C(O)CC(C)C. The number of nitrogens with zero attached hydrogens (tertiary/aromatic N) is 2. The molecule has 0 bridgehead atoms. The maximum atomic E-state index is 10.4. The molecule has 1 N–H and O–H groups in total. The van der Waals surface area contributed by atoms with E-state index in [0.29, 0.717) is 5.92 Å². The predicted octanol–water partition coefficient (Wildman–Crippen LogP) is 3.52. The molecule has 1 aromatic heterocycles. The van der Waals surface area contributed by atoms with Gasteiger partial charge in [0, 0.05) is 11.8 Å². The van der Waals surface area contributed by atoms with Crippen LogP contribution in [0.1, 0.15) is 44.6 Å². The zero-order valence-electron chi connectivity index (χ0n) is 13.2. The number of benzene rings is 1. The van der Waals surface area contributed by atoms with Gasteiger partial charge in [0.2, 0.25) is 0 Å². The number of aliphatic hydroxyl groups excluding tert-OH is 1. The van der Waals surface area contributed by atoms with Gasteiger partial charge in [0.05, 0.1) is 24.6 Å². The highest BCUT2D eigenvalue weighted by Crippen LogP contribution is 2.25. The van der Waals surface area contributed by atoms with Crippen LogP contribution in [-0.4, -0.2) is 22.0 Å². The van der Waals surface area contributed by atoms with Crippen LogP contribution in [0.4, 0.5) is 0 Å². The van der Waals surface area contributed by atoms with E-state index in [0.717, 1.165) is 35.5 Å². The van der Waals surface area contributed by atoms with E-state index in [1.807, 2.05) is 35.1 Å². The molecule has 0 aliphatic carbocycles. The third-order valence-corrected chi connectivity index (χ3v) is 3.55. The van der Waals surface area contributed by atoms with Crippen LogP contribution in [0, 0.1) is 5.92 Å². The van der Waals surface area contributed by atoms with E-state index in [1.165, 1.54) is 0 Å². The molecule has 2 aromatic rings. The third kappa shape index (κ3) is 3.64. The van der Waals surface area contributed by atoms with Crippen molar-refractivity contribution in [3.8, 4) is 11.4 Å². The largest absolute Gasteiger partial charge is 0.497 e. The van der Waals surface area contributed by atoms with Gasteiger partial charge in [0.15, 0.2) is 0 Å². The minimum absolute atomic E-state index is 0.452. The average Bonchev–Trinajstić information content (AvgIpc) is 2.91. The molecule has 4 nitrogen and oxygen atoms in total. The summed E-state index contributed by atoms with van der Waals surface area (Å²) in [6.45, 7) is 6.29. The van der Waals surface area contributed by atoms with Crippen molar-refractivity contribution in [3.63, 3.8) is 0 Å². The Morgan fingerprint density at radius 3 is 2.43 bits per heavy atom. The first-order chi connectivity index (χ1) is 10.0. The number of ether oxygens (including phenoxy) is 1. The van der Waals surface area contributed by atoms with Crippen LogP contribution >= 0.6 is 0 Å². The van der Waals surface area contributed by atoms with Crippen LogP contribution in [0.25, 0.3) is 5.69 Å². The van der Waals surface area contributed by atoms with E-state index < -0.39 is 6.10 Å². The molecule has 1 aromatic carbocycles. The van der Waals surface area contributed by atoms with Gasteiger partial charge >= 0.3 is 0 Å². The second-order valence-corrected chi connectivity index (χ2v) is 5.67. The fourth-order valence-electron chi connectivity index (χ4n) is 2.42. The van der Waals surface area contributed by atoms with Crippen LogP contribution in [0.5, 0.6) is 5.75 Å². The fraction of sp³-hybridized carbons (Fsp3) is 0.471. The quantitative estimate of drug-likeness (QED) is 0.884. The Balaban J connectivity index is 2.30. The molecule has 1 unspecified atom stereocenters. The molecule has 1 heterocycles. The van der Waals surface area contributed by atoms with E-state index in [1.54, 1.807) is 7.11 Å². The number of methoxy groups -OCH3 is 1. The van der Waals surface area contributed by atoms with Crippen molar-refractivity contribution >= 4 is 0 Å². The first-order valence-electron chi connectivity index (χ1n) is 7.46. The topological polar surface area (TPSA) is 47.3 Å². The van der Waals surface area contributed by atoms with Crippen LogP contribution < -0.4 is 4.74 Å². The maximum Gasteiger partial charge on any atom is 0.119 e. The Labute approximate surface area is 126 Å². The molecular formula is C17H24N2O2. The van der Waals surface area contributed by atoms with Crippen molar-refractivity contribution in [2.24, 2.45) is 5.92 Å². The maximum absolute atomic E-state index is 10.4. The molecule has 2 rings (SSSR count). The first kappa shape index (κ1) is 15.6. The molecule has 0 spiro atoms. The molecule has 114 valence electrons. The molecule has 0 fully saturated rings. The van der Waals surface area contributed by atoms with Crippen LogP contribution in [-0.2, 0) is 6.42 Å².